The Morgan fingerprint density at radius 2 is 2.03 bits per heavy atom. The van der Waals surface area contributed by atoms with Gasteiger partial charge in [0.25, 0.3) is 0 Å². The van der Waals surface area contributed by atoms with Gasteiger partial charge in [-0.05, 0) is 50.1 Å². The van der Waals surface area contributed by atoms with E-state index in [4.69, 9.17) is 4.74 Å². The van der Waals surface area contributed by atoms with E-state index in [1.807, 2.05) is 13.0 Å². The Hall–Kier alpha value is -2.93. The number of fused-ring (bicyclic) bond motifs is 1. The van der Waals surface area contributed by atoms with E-state index >= 15 is 0 Å². The number of hydrogen-bond donors (Lipinski definition) is 1. The van der Waals surface area contributed by atoms with Crippen molar-refractivity contribution >= 4 is 15.9 Å². The van der Waals surface area contributed by atoms with E-state index in [1.54, 1.807) is 49.5 Å². The van der Waals surface area contributed by atoms with Gasteiger partial charge in [0.2, 0.25) is 15.9 Å². The van der Waals surface area contributed by atoms with E-state index in [9.17, 15) is 18.3 Å². The van der Waals surface area contributed by atoms with Gasteiger partial charge in [-0.15, -0.1) is 0 Å². The number of likely N-dealkylation sites (N-methyl/N-ethyl adjacent to an activating group) is 1. The third-order valence-electron chi connectivity index (χ3n) is 6.44. The van der Waals surface area contributed by atoms with Gasteiger partial charge in [0.05, 0.1) is 13.2 Å². The maximum Gasteiger partial charge on any atom is 0.247 e. The van der Waals surface area contributed by atoms with Crippen LogP contribution in [-0.2, 0) is 14.8 Å². The van der Waals surface area contributed by atoms with Crippen LogP contribution in [0.2, 0.25) is 0 Å². The number of amides is 1. The molecule has 1 aromatic heterocycles. The first kappa shape index (κ1) is 25.2. The Morgan fingerprint density at radius 1 is 1.29 bits per heavy atom. The fourth-order valence-corrected chi connectivity index (χ4v) is 5.93. The standard InChI is InChI=1S/C26H31N3O5S/c1-18-15-29(19(2)17-30)35(32,33)25-11-8-20(6-7-21-5-4-12-27-14-21)13-23(25)34-24(18)16-28(3)26(31)22-9-10-22/h4-5,8,11-14,18-19,22,24,30H,9-10,15-17H2,1-3H3/t18-,19-,24-/m1/s1. The molecule has 2 aromatic rings. The van der Waals surface area contributed by atoms with E-state index in [2.05, 4.69) is 16.8 Å². The average Bonchev–Trinajstić information content (AvgIpc) is 3.70. The summed E-state index contributed by atoms with van der Waals surface area (Å²) in [6.07, 6.45) is 4.70. The lowest BCUT2D eigenvalue weighted by Crippen LogP contribution is -2.50. The van der Waals surface area contributed by atoms with Gasteiger partial charge in [-0.1, -0.05) is 18.8 Å². The van der Waals surface area contributed by atoms with E-state index in [0.29, 0.717) is 12.1 Å². The molecule has 1 aliphatic carbocycles. The van der Waals surface area contributed by atoms with Crippen LogP contribution in [0, 0.1) is 23.7 Å². The molecule has 4 rings (SSSR count). The number of benzene rings is 1. The van der Waals surface area contributed by atoms with E-state index in [0.717, 1.165) is 18.4 Å². The van der Waals surface area contributed by atoms with Gasteiger partial charge < -0.3 is 14.7 Å². The maximum atomic E-state index is 13.6. The molecular weight excluding hydrogens is 466 g/mol. The lowest BCUT2D eigenvalue weighted by Gasteiger charge is -2.37. The van der Waals surface area contributed by atoms with Crippen molar-refractivity contribution in [2.75, 3.05) is 26.7 Å². The first-order valence-corrected chi connectivity index (χ1v) is 13.2. The Kier molecular flexibility index (Phi) is 7.45. The van der Waals surface area contributed by atoms with Crippen molar-refractivity contribution in [1.29, 1.82) is 0 Å². The zero-order valence-electron chi connectivity index (χ0n) is 20.2. The van der Waals surface area contributed by atoms with Crippen molar-refractivity contribution in [3.8, 4) is 17.6 Å². The Labute approximate surface area is 207 Å². The summed E-state index contributed by atoms with van der Waals surface area (Å²) in [5.41, 5.74) is 1.33. The number of aromatic nitrogens is 1. The summed E-state index contributed by atoms with van der Waals surface area (Å²) in [5, 5.41) is 9.78. The summed E-state index contributed by atoms with van der Waals surface area (Å²) in [4.78, 5) is 18.3. The fourth-order valence-electron chi connectivity index (χ4n) is 4.10. The molecule has 2 heterocycles. The predicted octanol–water partition coefficient (Wildman–Crippen LogP) is 2.12. The van der Waals surface area contributed by atoms with Gasteiger partial charge >= 0.3 is 0 Å². The highest BCUT2D eigenvalue weighted by Crippen LogP contribution is 2.35. The van der Waals surface area contributed by atoms with Crippen LogP contribution < -0.4 is 4.74 Å². The quantitative estimate of drug-likeness (QED) is 0.636. The van der Waals surface area contributed by atoms with E-state index < -0.39 is 22.2 Å². The molecule has 2 aliphatic rings. The molecule has 0 unspecified atom stereocenters. The van der Waals surface area contributed by atoms with Crippen LogP contribution in [-0.4, -0.2) is 72.5 Å². The summed E-state index contributed by atoms with van der Waals surface area (Å²) in [6, 6.07) is 7.81. The van der Waals surface area contributed by atoms with Gasteiger partial charge in [-0.3, -0.25) is 9.78 Å². The van der Waals surface area contributed by atoms with Crippen LogP contribution in [0.25, 0.3) is 0 Å². The molecule has 8 nitrogen and oxygen atoms in total. The normalized spacial score (nSPS) is 22.4. The van der Waals surface area contributed by atoms with Crippen LogP contribution in [0.4, 0.5) is 0 Å². The van der Waals surface area contributed by atoms with Gasteiger partial charge in [-0.2, -0.15) is 4.31 Å². The summed E-state index contributed by atoms with van der Waals surface area (Å²) < 4.78 is 34.8. The number of pyridine rings is 1. The van der Waals surface area contributed by atoms with E-state index in [-0.39, 0.29) is 41.5 Å². The average molecular weight is 498 g/mol. The topological polar surface area (TPSA) is 100 Å². The molecule has 1 N–H and O–H groups in total. The summed E-state index contributed by atoms with van der Waals surface area (Å²) in [5.74, 6) is 6.21. The number of rotatable bonds is 5. The van der Waals surface area contributed by atoms with Gasteiger partial charge in [0.1, 0.15) is 16.7 Å². The third kappa shape index (κ3) is 5.67. The number of hydrogen-bond acceptors (Lipinski definition) is 6. The molecule has 0 saturated heterocycles. The van der Waals surface area contributed by atoms with Crippen LogP contribution >= 0.6 is 0 Å². The molecule has 0 spiro atoms. The number of carbonyl (C=O) groups is 1. The molecule has 0 bridgehead atoms. The number of aliphatic hydroxyl groups is 1. The Balaban J connectivity index is 1.72. The van der Waals surface area contributed by atoms with Gasteiger partial charge in [-0.25, -0.2) is 8.42 Å². The highest BCUT2D eigenvalue weighted by atomic mass is 32.2. The van der Waals surface area contributed by atoms with Crippen LogP contribution in [0.15, 0.2) is 47.6 Å². The third-order valence-corrected chi connectivity index (χ3v) is 8.46. The van der Waals surface area contributed by atoms with Crippen molar-refractivity contribution in [3.05, 3.63) is 53.9 Å². The second-order valence-electron chi connectivity index (χ2n) is 9.39. The van der Waals surface area contributed by atoms with Crippen molar-refractivity contribution in [1.82, 2.24) is 14.2 Å². The number of nitrogens with zero attached hydrogens (tertiary/aromatic N) is 3. The summed E-state index contributed by atoms with van der Waals surface area (Å²) >= 11 is 0. The monoisotopic (exact) mass is 497 g/mol. The number of ether oxygens (including phenoxy) is 1. The molecule has 9 heteroatoms. The predicted molar refractivity (Wildman–Crippen MR) is 131 cm³/mol. The zero-order chi connectivity index (χ0) is 25.2. The maximum absolute atomic E-state index is 13.6. The molecule has 1 aromatic carbocycles. The number of aliphatic hydroxyl groups excluding tert-OH is 1. The number of sulfonamides is 1. The van der Waals surface area contributed by atoms with Crippen LogP contribution in [0.5, 0.6) is 5.75 Å². The molecule has 0 radical (unpaired) electrons. The smallest absolute Gasteiger partial charge is 0.247 e. The molecular formula is C26H31N3O5S. The Morgan fingerprint density at radius 3 is 2.69 bits per heavy atom. The van der Waals surface area contributed by atoms with Crippen LogP contribution in [0.3, 0.4) is 0 Å². The molecule has 186 valence electrons. The fraction of sp³-hybridized carbons (Fsp3) is 0.462. The minimum atomic E-state index is -3.93. The number of carbonyl (C=O) groups excluding carboxylic acids is 1. The highest BCUT2D eigenvalue weighted by molar-refractivity contribution is 7.89. The lowest BCUT2D eigenvalue weighted by molar-refractivity contribution is -0.132. The minimum absolute atomic E-state index is 0.0257. The molecule has 3 atom stereocenters. The van der Waals surface area contributed by atoms with Crippen molar-refractivity contribution in [2.45, 2.75) is 43.7 Å². The first-order chi connectivity index (χ1) is 16.7. The first-order valence-electron chi connectivity index (χ1n) is 11.8. The molecule has 35 heavy (non-hydrogen) atoms. The molecule has 1 aliphatic heterocycles. The zero-order valence-corrected chi connectivity index (χ0v) is 21.0. The van der Waals surface area contributed by atoms with Gasteiger partial charge in [0, 0.05) is 55.0 Å². The summed E-state index contributed by atoms with van der Waals surface area (Å²) in [6.45, 7) is 3.79. The highest BCUT2D eigenvalue weighted by Gasteiger charge is 2.39. The molecule has 1 fully saturated rings. The van der Waals surface area contributed by atoms with Gasteiger partial charge in [0.15, 0.2) is 0 Å². The van der Waals surface area contributed by atoms with Crippen molar-refractivity contribution < 1.29 is 23.1 Å². The van der Waals surface area contributed by atoms with Crippen molar-refractivity contribution in [3.63, 3.8) is 0 Å². The second kappa shape index (κ2) is 10.4. The molecule has 1 amide bonds. The summed E-state index contributed by atoms with van der Waals surface area (Å²) in [7, 11) is -2.17. The molecule has 1 saturated carbocycles. The lowest BCUT2D eigenvalue weighted by atomic mass is 10.0. The SMILES string of the molecule is C[C@@H]1CN([C@H](C)CO)S(=O)(=O)c2ccc(C#Cc3cccnc3)cc2O[C@@H]1CN(C)C(=O)C1CC1. The second-order valence-corrected chi connectivity index (χ2v) is 11.2. The largest absolute Gasteiger partial charge is 0.487 e. The van der Waals surface area contributed by atoms with Crippen molar-refractivity contribution in [2.24, 2.45) is 11.8 Å². The minimum Gasteiger partial charge on any atom is -0.487 e. The Bertz CT molecular complexity index is 1230. The van der Waals surface area contributed by atoms with E-state index in [1.165, 1.54) is 10.4 Å². The van der Waals surface area contributed by atoms with Crippen LogP contribution in [0.1, 0.15) is 37.8 Å².